The third-order valence-corrected chi connectivity index (χ3v) is 1.98. The summed E-state index contributed by atoms with van der Waals surface area (Å²) in [4.78, 5) is 11.4. The number of hydrogen-bond donors (Lipinski definition) is 0. The van der Waals surface area contributed by atoms with Crippen LogP contribution in [-0.2, 0) is 9.53 Å². The van der Waals surface area contributed by atoms with Gasteiger partial charge in [-0.1, -0.05) is 25.1 Å². The first-order valence-electron chi connectivity index (χ1n) is 5.22. The number of hydrogen-bond acceptors (Lipinski definition) is 3. The highest BCUT2D eigenvalue weighted by Gasteiger charge is 2.11. The van der Waals surface area contributed by atoms with E-state index < -0.39 is 11.8 Å². The molecule has 17 heavy (non-hydrogen) atoms. The molecule has 0 atom stereocenters. The molecule has 0 N–H and O–H groups in total. The molecule has 3 nitrogen and oxygen atoms in total. The number of rotatable bonds is 4. The molecule has 0 fully saturated rings. The van der Waals surface area contributed by atoms with Crippen LogP contribution in [0.5, 0.6) is 0 Å². The Labute approximate surface area is 99.1 Å². The molecule has 88 valence electrons. The van der Waals surface area contributed by atoms with Crippen LogP contribution in [0.1, 0.15) is 18.9 Å². The quantitative estimate of drug-likeness (QED) is 0.456. The number of esters is 1. The van der Waals surface area contributed by atoms with Gasteiger partial charge in [0.2, 0.25) is 0 Å². The van der Waals surface area contributed by atoms with Crippen LogP contribution in [0, 0.1) is 17.1 Å². The van der Waals surface area contributed by atoms with Gasteiger partial charge >= 0.3 is 5.97 Å². The van der Waals surface area contributed by atoms with Gasteiger partial charge in [0.25, 0.3) is 0 Å². The highest BCUT2D eigenvalue weighted by molar-refractivity contribution is 5.97. The SMILES string of the molecule is CCCOC(=O)C(C#N)=Cc1ccccc1F. The molecule has 0 aliphatic carbocycles. The molecule has 0 aliphatic rings. The molecule has 1 aromatic rings. The first kappa shape index (κ1) is 12.9. The van der Waals surface area contributed by atoms with Crippen molar-refractivity contribution in [2.24, 2.45) is 0 Å². The van der Waals surface area contributed by atoms with E-state index in [0.717, 1.165) is 0 Å². The molecule has 1 aromatic carbocycles. The second kappa shape index (κ2) is 6.44. The van der Waals surface area contributed by atoms with Gasteiger partial charge in [-0.2, -0.15) is 5.26 Å². The first-order chi connectivity index (χ1) is 8.19. The summed E-state index contributed by atoms with van der Waals surface area (Å²) < 4.78 is 18.1. The van der Waals surface area contributed by atoms with Gasteiger partial charge in [0.1, 0.15) is 17.5 Å². The zero-order chi connectivity index (χ0) is 12.7. The monoisotopic (exact) mass is 233 g/mol. The van der Waals surface area contributed by atoms with E-state index in [1.807, 2.05) is 6.92 Å². The Kier molecular flexibility index (Phi) is 4.89. The molecule has 0 radical (unpaired) electrons. The van der Waals surface area contributed by atoms with Crippen LogP contribution in [-0.4, -0.2) is 12.6 Å². The van der Waals surface area contributed by atoms with E-state index in [1.54, 1.807) is 12.1 Å². The van der Waals surface area contributed by atoms with Gasteiger partial charge in [0.05, 0.1) is 6.61 Å². The minimum Gasteiger partial charge on any atom is -0.462 e. The molecule has 0 amide bonds. The van der Waals surface area contributed by atoms with Crippen LogP contribution in [0.4, 0.5) is 4.39 Å². The van der Waals surface area contributed by atoms with Crippen molar-refractivity contribution in [1.29, 1.82) is 5.26 Å². The van der Waals surface area contributed by atoms with E-state index in [2.05, 4.69) is 0 Å². The van der Waals surface area contributed by atoms with E-state index in [-0.39, 0.29) is 17.7 Å². The summed E-state index contributed by atoms with van der Waals surface area (Å²) in [6, 6.07) is 7.62. The van der Waals surface area contributed by atoms with Gasteiger partial charge in [0.15, 0.2) is 0 Å². The van der Waals surface area contributed by atoms with E-state index in [0.29, 0.717) is 6.42 Å². The van der Waals surface area contributed by atoms with Crippen LogP contribution in [0.3, 0.4) is 0 Å². The molecule has 0 aromatic heterocycles. The Morgan fingerprint density at radius 1 is 1.53 bits per heavy atom. The predicted octanol–water partition coefficient (Wildman–Crippen LogP) is 2.69. The van der Waals surface area contributed by atoms with Crippen LogP contribution >= 0.6 is 0 Å². The van der Waals surface area contributed by atoms with Crippen molar-refractivity contribution < 1.29 is 13.9 Å². The molecule has 0 unspecified atom stereocenters. The van der Waals surface area contributed by atoms with E-state index in [1.165, 1.54) is 24.3 Å². The number of benzene rings is 1. The van der Waals surface area contributed by atoms with Gasteiger partial charge in [-0.05, 0) is 18.6 Å². The van der Waals surface area contributed by atoms with Gasteiger partial charge < -0.3 is 4.74 Å². The molecule has 0 heterocycles. The normalized spacial score (nSPS) is 10.8. The molecule has 4 heteroatoms. The minimum atomic E-state index is -0.724. The summed E-state index contributed by atoms with van der Waals surface area (Å²) in [6.07, 6.45) is 1.86. The fraction of sp³-hybridized carbons (Fsp3) is 0.231. The van der Waals surface area contributed by atoms with Crippen LogP contribution in [0.25, 0.3) is 6.08 Å². The van der Waals surface area contributed by atoms with Crippen molar-refractivity contribution in [3.05, 3.63) is 41.2 Å². The number of carbonyl (C=O) groups excluding carboxylic acids is 1. The molecule has 0 aliphatic heterocycles. The topological polar surface area (TPSA) is 50.1 Å². The largest absolute Gasteiger partial charge is 0.462 e. The summed E-state index contributed by atoms with van der Waals surface area (Å²) in [6.45, 7) is 2.09. The lowest BCUT2D eigenvalue weighted by Gasteiger charge is -2.01. The predicted molar refractivity (Wildman–Crippen MR) is 61.2 cm³/mol. The molecule has 0 spiro atoms. The zero-order valence-electron chi connectivity index (χ0n) is 9.44. The third-order valence-electron chi connectivity index (χ3n) is 1.98. The van der Waals surface area contributed by atoms with Crippen LogP contribution < -0.4 is 0 Å². The van der Waals surface area contributed by atoms with Gasteiger partial charge in [-0.25, -0.2) is 9.18 Å². The maximum Gasteiger partial charge on any atom is 0.348 e. The summed E-state index contributed by atoms with van der Waals surface area (Å²) >= 11 is 0. The highest BCUT2D eigenvalue weighted by Crippen LogP contribution is 2.12. The smallest absolute Gasteiger partial charge is 0.348 e. The summed E-state index contributed by atoms with van der Waals surface area (Å²) in [5, 5.41) is 8.81. The molecule has 0 saturated heterocycles. The van der Waals surface area contributed by atoms with Gasteiger partial charge in [-0.15, -0.1) is 0 Å². The van der Waals surface area contributed by atoms with Crippen molar-refractivity contribution in [2.45, 2.75) is 13.3 Å². The Morgan fingerprint density at radius 3 is 2.82 bits per heavy atom. The van der Waals surface area contributed by atoms with Crippen LogP contribution in [0.15, 0.2) is 29.8 Å². The maximum atomic E-state index is 13.3. The molecule has 0 bridgehead atoms. The molecule has 0 saturated carbocycles. The third kappa shape index (κ3) is 3.72. The highest BCUT2D eigenvalue weighted by atomic mass is 19.1. The second-order valence-electron chi connectivity index (χ2n) is 3.33. The standard InChI is InChI=1S/C13H12FNO2/c1-2-7-17-13(16)11(9-15)8-10-5-3-4-6-12(10)14/h3-6,8H,2,7H2,1H3. The lowest BCUT2D eigenvalue weighted by atomic mass is 10.1. The summed E-state index contributed by atoms with van der Waals surface area (Å²) in [5.74, 6) is -1.21. The van der Waals surface area contributed by atoms with Crippen molar-refractivity contribution in [1.82, 2.24) is 0 Å². The lowest BCUT2D eigenvalue weighted by molar-refractivity contribution is -0.138. The fourth-order valence-corrected chi connectivity index (χ4v) is 1.16. The number of carbonyl (C=O) groups is 1. The second-order valence-corrected chi connectivity index (χ2v) is 3.33. The Bertz CT molecular complexity index is 475. The van der Waals surface area contributed by atoms with Crippen LogP contribution in [0.2, 0.25) is 0 Å². The average molecular weight is 233 g/mol. The number of halogens is 1. The fourth-order valence-electron chi connectivity index (χ4n) is 1.16. The van der Waals surface area contributed by atoms with Gasteiger partial charge in [0, 0.05) is 5.56 Å². The molecular formula is C13H12FNO2. The number of ether oxygens (including phenoxy) is 1. The average Bonchev–Trinajstić information content (AvgIpc) is 2.35. The summed E-state index contributed by atoms with van der Waals surface area (Å²) in [5.41, 5.74) is -0.0129. The van der Waals surface area contributed by atoms with Crippen molar-refractivity contribution in [3.8, 4) is 6.07 Å². The van der Waals surface area contributed by atoms with Crippen molar-refractivity contribution >= 4 is 12.0 Å². The zero-order valence-corrected chi connectivity index (χ0v) is 9.44. The summed E-state index contributed by atoms with van der Waals surface area (Å²) in [7, 11) is 0. The Balaban J connectivity index is 2.92. The first-order valence-corrected chi connectivity index (χ1v) is 5.22. The van der Waals surface area contributed by atoms with Crippen molar-refractivity contribution in [2.75, 3.05) is 6.61 Å². The van der Waals surface area contributed by atoms with E-state index >= 15 is 0 Å². The van der Waals surface area contributed by atoms with E-state index in [9.17, 15) is 9.18 Å². The Morgan fingerprint density at radius 2 is 2.24 bits per heavy atom. The minimum absolute atomic E-state index is 0.192. The number of nitriles is 1. The van der Waals surface area contributed by atoms with E-state index in [4.69, 9.17) is 10.00 Å². The number of nitrogens with zero attached hydrogens (tertiary/aromatic N) is 1. The lowest BCUT2D eigenvalue weighted by Crippen LogP contribution is -2.07. The Hall–Kier alpha value is -2.15. The van der Waals surface area contributed by atoms with Gasteiger partial charge in [-0.3, -0.25) is 0 Å². The maximum absolute atomic E-state index is 13.3. The molecular weight excluding hydrogens is 221 g/mol. The molecule has 1 rings (SSSR count). The van der Waals surface area contributed by atoms with Crippen molar-refractivity contribution in [3.63, 3.8) is 0 Å².